The standard InChI is InChI=1S/C9H15BrO3/c1-12-9(11)13-8-6-4-2-3-5-7-10/h4,6H,2-3,5,7-8H2,1H3/b6-4+. The van der Waals surface area contributed by atoms with Crippen LogP contribution in [0, 0.1) is 0 Å². The summed E-state index contributed by atoms with van der Waals surface area (Å²) in [5, 5.41) is 1.04. The van der Waals surface area contributed by atoms with E-state index in [0.29, 0.717) is 6.61 Å². The summed E-state index contributed by atoms with van der Waals surface area (Å²) in [7, 11) is 1.29. The zero-order valence-corrected chi connectivity index (χ0v) is 9.38. The highest BCUT2D eigenvalue weighted by Crippen LogP contribution is 1.99. The number of halogens is 1. The number of hydrogen-bond donors (Lipinski definition) is 0. The van der Waals surface area contributed by atoms with Crippen LogP contribution in [0.3, 0.4) is 0 Å². The van der Waals surface area contributed by atoms with Gasteiger partial charge in [-0.25, -0.2) is 4.79 Å². The minimum atomic E-state index is -0.634. The van der Waals surface area contributed by atoms with Crippen molar-refractivity contribution in [3.63, 3.8) is 0 Å². The van der Waals surface area contributed by atoms with Gasteiger partial charge in [0.1, 0.15) is 6.61 Å². The Bertz CT molecular complexity index is 157. The molecule has 0 spiro atoms. The molecule has 0 saturated carbocycles. The molecule has 0 aromatic heterocycles. The number of rotatable bonds is 6. The van der Waals surface area contributed by atoms with Crippen LogP contribution >= 0.6 is 15.9 Å². The summed E-state index contributed by atoms with van der Waals surface area (Å²) < 4.78 is 8.93. The van der Waals surface area contributed by atoms with Crippen LogP contribution in [0.5, 0.6) is 0 Å². The van der Waals surface area contributed by atoms with Crippen molar-refractivity contribution in [3.05, 3.63) is 12.2 Å². The van der Waals surface area contributed by atoms with Crippen LogP contribution in [0.4, 0.5) is 4.79 Å². The van der Waals surface area contributed by atoms with Crippen LogP contribution in [0.15, 0.2) is 12.2 Å². The highest BCUT2D eigenvalue weighted by molar-refractivity contribution is 9.09. The van der Waals surface area contributed by atoms with E-state index in [4.69, 9.17) is 0 Å². The first-order valence-corrected chi connectivity index (χ1v) is 5.35. The number of unbranched alkanes of at least 4 members (excludes halogenated alkanes) is 2. The van der Waals surface area contributed by atoms with Gasteiger partial charge in [-0.1, -0.05) is 28.1 Å². The van der Waals surface area contributed by atoms with E-state index in [1.165, 1.54) is 13.5 Å². The van der Waals surface area contributed by atoms with Gasteiger partial charge in [-0.3, -0.25) is 0 Å². The Morgan fingerprint density at radius 3 is 2.77 bits per heavy atom. The van der Waals surface area contributed by atoms with Gasteiger partial charge >= 0.3 is 6.16 Å². The average Bonchev–Trinajstić information content (AvgIpc) is 2.16. The van der Waals surface area contributed by atoms with Crippen LogP contribution in [0.2, 0.25) is 0 Å². The lowest BCUT2D eigenvalue weighted by Crippen LogP contribution is -2.03. The van der Waals surface area contributed by atoms with E-state index in [0.717, 1.165) is 18.2 Å². The fraction of sp³-hybridized carbons (Fsp3) is 0.667. The summed E-state index contributed by atoms with van der Waals surface area (Å²) >= 11 is 3.35. The average molecular weight is 251 g/mol. The molecule has 0 amide bonds. The van der Waals surface area contributed by atoms with Crippen molar-refractivity contribution in [2.24, 2.45) is 0 Å². The summed E-state index contributed by atoms with van der Waals surface area (Å²) in [6.45, 7) is 0.293. The van der Waals surface area contributed by atoms with E-state index in [-0.39, 0.29) is 0 Å². The van der Waals surface area contributed by atoms with Crippen LogP contribution in [0.1, 0.15) is 19.3 Å². The van der Waals surface area contributed by atoms with Crippen molar-refractivity contribution in [2.45, 2.75) is 19.3 Å². The van der Waals surface area contributed by atoms with E-state index in [9.17, 15) is 4.79 Å². The second kappa shape index (κ2) is 9.58. The van der Waals surface area contributed by atoms with E-state index < -0.39 is 6.16 Å². The highest BCUT2D eigenvalue weighted by Gasteiger charge is 1.95. The molecule has 0 bridgehead atoms. The van der Waals surface area contributed by atoms with E-state index in [1.54, 1.807) is 0 Å². The maximum absolute atomic E-state index is 10.5. The molecular formula is C9H15BrO3. The SMILES string of the molecule is COC(=O)OC/C=C/CCCCBr. The van der Waals surface area contributed by atoms with Gasteiger partial charge in [0.15, 0.2) is 0 Å². The van der Waals surface area contributed by atoms with Gasteiger partial charge in [0.2, 0.25) is 0 Å². The molecule has 3 nitrogen and oxygen atoms in total. The fourth-order valence-corrected chi connectivity index (χ4v) is 1.11. The van der Waals surface area contributed by atoms with Gasteiger partial charge in [0, 0.05) is 5.33 Å². The quantitative estimate of drug-likeness (QED) is 0.315. The first-order chi connectivity index (χ1) is 6.31. The Morgan fingerprint density at radius 2 is 2.15 bits per heavy atom. The van der Waals surface area contributed by atoms with Gasteiger partial charge in [-0.05, 0) is 19.3 Å². The molecule has 0 unspecified atom stereocenters. The minimum absolute atomic E-state index is 0.293. The minimum Gasteiger partial charge on any atom is -0.438 e. The van der Waals surface area contributed by atoms with Crippen LogP contribution in [-0.4, -0.2) is 25.2 Å². The first-order valence-electron chi connectivity index (χ1n) is 4.23. The number of ether oxygens (including phenoxy) is 2. The number of carbonyl (C=O) groups is 1. The lowest BCUT2D eigenvalue weighted by atomic mass is 10.2. The molecule has 0 N–H and O–H groups in total. The predicted octanol–water partition coefficient (Wildman–Crippen LogP) is 2.89. The summed E-state index contributed by atoms with van der Waals surface area (Å²) in [4.78, 5) is 10.5. The summed E-state index contributed by atoms with van der Waals surface area (Å²) in [5.41, 5.74) is 0. The molecule has 13 heavy (non-hydrogen) atoms. The molecule has 0 aliphatic carbocycles. The molecule has 0 aromatic carbocycles. The van der Waals surface area contributed by atoms with Crippen LogP contribution in [-0.2, 0) is 9.47 Å². The molecule has 0 heterocycles. The zero-order valence-electron chi connectivity index (χ0n) is 7.79. The first kappa shape index (κ1) is 12.5. The van der Waals surface area contributed by atoms with Crippen molar-refractivity contribution in [1.29, 1.82) is 0 Å². The van der Waals surface area contributed by atoms with Crippen LogP contribution < -0.4 is 0 Å². The number of alkyl halides is 1. The fourth-order valence-electron chi connectivity index (χ4n) is 0.718. The zero-order chi connectivity index (χ0) is 9.94. The predicted molar refractivity (Wildman–Crippen MR) is 55.1 cm³/mol. The second-order valence-electron chi connectivity index (χ2n) is 2.42. The Labute approximate surface area is 87.2 Å². The summed E-state index contributed by atoms with van der Waals surface area (Å²) in [6.07, 6.45) is 6.54. The molecule has 0 aliphatic heterocycles. The Balaban J connectivity index is 3.17. The van der Waals surface area contributed by atoms with E-state index in [2.05, 4.69) is 25.4 Å². The van der Waals surface area contributed by atoms with E-state index in [1.807, 2.05) is 12.2 Å². The topological polar surface area (TPSA) is 35.5 Å². The third-order valence-electron chi connectivity index (χ3n) is 1.39. The highest BCUT2D eigenvalue weighted by atomic mass is 79.9. The molecule has 0 aromatic rings. The van der Waals surface area contributed by atoms with Crippen molar-refractivity contribution in [3.8, 4) is 0 Å². The lowest BCUT2D eigenvalue weighted by Gasteiger charge is -1.97. The number of allylic oxidation sites excluding steroid dienone is 1. The molecule has 0 saturated heterocycles. The van der Waals surface area contributed by atoms with Crippen molar-refractivity contribution >= 4 is 22.1 Å². The number of hydrogen-bond acceptors (Lipinski definition) is 3. The number of methoxy groups -OCH3 is 1. The molecule has 0 rings (SSSR count). The van der Waals surface area contributed by atoms with Gasteiger partial charge < -0.3 is 9.47 Å². The monoisotopic (exact) mass is 250 g/mol. The molecule has 76 valence electrons. The normalized spacial score (nSPS) is 10.3. The largest absolute Gasteiger partial charge is 0.508 e. The van der Waals surface area contributed by atoms with Crippen LogP contribution in [0.25, 0.3) is 0 Å². The van der Waals surface area contributed by atoms with Gasteiger partial charge in [0.05, 0.1) is 7.11 Å². The van der Waals surface area contributed by atoms with Crippen molar-refractivity contribution in [1.82, 2.24) is 0 Å². The molecule has 0 atom stereocenters. The maximum Gasteiger partial charge on any atom is 0.508 e. The van der Waals surface area contributed by atoms with Gasteiger partial charge in [0.25, 0.3) is 0 Å². The molecule has 4 heteroatoms. The third kappa shape index (κ3) is 9.40. The summed E-state index contributed by atoms with van der Waals surface area (Å²) in [6, 6.07) is 0. The summed E-state index contributed by atoms with van der Waals surface area (Å²) in [5.74, 6) is 0. The molecule has 0 aliphatic rings. The maximum atomic E-state index is 10.5. The molecule has 0 fully saturated rings. The molecule has 0 radical (unpaired) electrons. The second-order valence-corrected chi connectivity index (χ2v) is 3.21. The Kier molecular flexibility index (Phi) is 9.20. The van der Waals surface area contributed by atoms with Crippen molar-refractivity contribution < 1.29 is 14.3 Å². The van der Waals surface area contributed by atoms with Crippen molar-refractivity contribution in [2.75, 3.05) is 19.0 Å². The van der Waals surface area contributed by atoms with E-state index >= 15 is 0 Å². The van der Waals surface area contributed by atoms with Gasteiger partial charge in [-0.15, -0.1) is 0 Å². The number of carbonyl (C=O) groups excluding carboxylic acids is 1. The Morgan fingerprint density at radius 1 is 1.38 bits per heavy atom. The third-order valence-corrected chi connectivity index (χ3v) is 1.95. The smallest absolute Gasteiger partial charge is 0.438 e. The molecular weight excluding hydrogens is 236 g/mol. The lowest BCUT2D eigenvalue weighted by molar-refractivity contribution is 0.0817. The Hall–Kier alpha value is -0.510. The van der Waals surface area contributed by atoms with Gasteiger partial charge in [-0.2, -0.15) is 0 Å².